The van der Waals surface area contributed by atoms with Crippen LogP contribution in [0.25, 0.3) is 11.3 Å². The molecular weight excluding hydrogens is 300 g/mol. The van der Waals surface area contributed by atoms with E-state index in [0.717, 1.165) is 62.3 Å². The van der Waals surface area contributed by atoms with Crippen molar-refractivity contribution in [2.45, 2.75) is 46.1 Å². The van der Waals surface area contributed by atoms with E-state index in [-0.39, 0.29) is 12.0 Å². The molecule has 130 valence electrons. The van der Waals surface area contributed by atoms with E-state index in [9.17, 15) is 5.11 Å². The first-order valence-corrected chi connectivity index (χ1v) is 9.00. The summed E-state index contributed by atoms with van der Waals surface area (Å²) in [5, 5.41) is 14.1. The number of benzene rings is 1. The van der Waals surface area contributed by atoms with Gasteiger partial charge >= 0.3 is 0 Å². The molecule has 1 aromatic carbocycles. The molecule has 4 nitrogen and oxygen atoms in total. The summed E-state index contributed by atoms with van der Waals surface area (Å²) in [7, 11) is 0. The lowest BCUT2D eigenvalue weighted by Crippen LogP contribution is -2.44. The van der Waals surface area contributed by atoms with Crippen molar-refractivity contribution >= 4 is 0 Å². The quantitative estimate of drug-likeness (QED) is 0.870. The molecule has 4 heteroatoms. The minimum absolute atomic E-state index is 0.0623. The fourth-order valence-corrected chi connectivity index (χ4v) is 3.86. The van der Waals surface area contributed by atoms with Crippen molar-refractivity contribution in [3.8, 4) is 11.3 Å². The SMILES string of the molecule is CCC[C@@]1(CO)CCCN(Cc2cc(-c3ccc(C)cc3)no2)C1. The van der Waals surface area contributed by atoms with E-state index in [1.807, 2.05) is 6.07 Å². The molecule has 0 saturated carbocycles. The zero-order valence-corrected chi connectivity index (χ0v) is 14.8. The second-order valence-corrected chi connectivity index (χ2v) is 7.27. The zero-order chi connectivity index (χ0) is 17.0. The van der Waals surface area contributed by atoms with E-state index < -0.39 is 0 Å². The van der Waals surface area contributed by atoms with Crippen LogP contribution in [0.3, 0.4) is 0 Å². The number of aromatic nitrogens is 1. The summed E-state index contributed by atoms with van der Waals surface area (Å²) in [6.07, 6.45) is 4.47. The molecule has 1 N–H and O–H groups in total. The van der Waals surface area contributed by atoms with Gasteiger partial charge in [0.1, 0.15) is 5.69 Å². The molecule has 0 unspecified atom stereocenters. The Morgan fingerprint density at radius 2 is 2.08 bits per heavy atom. The number of hydrogen-bond acceptors (Lipinski definition) is 4. The minimum Gasteiger partial charge on any atom is -0.396 e. The Hall–Kier alpha value is -1.65. The number of aliphatic hydroxyl groups is 1. The summed E-state index contributed by atoms with van der Waals surface area (Å²) in [5.41, 5.74) is 3.29. The van der Waals surface area contributed by atoms with Gasteiger partial charge in [0.05, 0.1) is 6.54 Å². The average molecular weight is 328 g/mol. The monoisotopic (exact) mass is 328 g/mol. The Bertz CT molecular complexity index is 646. The number of rotatable bonds is 6. The van der Waals surface area contributed by atoms with Gasteiger partial charge in [0, 0.05) is 30.2 Å². The van der Waals surface area contributed by atoms with Crippen LogP contribution in [0.1, 0.15) is 43.9 Å². The molecule has 2 aromatic rings. The van der Waals surface area contributed by atoms with Crippen LogP contribution in [0.2, 0.25) is 0 Å². The van der Waals surface area contributed by atoms with Crippen LogP contribution >= 0.6 is 0 Å². The van der Waals surface area contributed by atoms with Gasteiger partial charge in [0.2, 0.25) is 0 Å². The lowest BCUT2D eigenvalue weighted by atomic mass is 9.77. The van der Waals surface area contributed by atoms with Gasteiger partial charge in [-0.25, -0.2) is 0 Å². The molecule has 0 aliphatic carbocycles. The van der Waals surface area contributed by atoms with E-state index in [1.54, 1.807) is 0 Å². The molecular formula is C20H28N2O2. The van der Waals surface area contributed by atoms with Gasteiger partial charge in [0.15, 0.2) is 5.76 Å². The molecule has 1 aromatic heterocycles. The molecule has 2 heterocycles. The summed E-state index contributed by atoms with van der Waals surface area (Å²) in [6.45, 7) is 7.33. The van der Waals surface area contributed by atoms with Gasteiger partial charge in [-0.05, 0) is 32.7 Å². The van der Waals surface area contributed by atoms with E-state index in [1.165, 1.54) is 5.56 Å². The lowest BCUT2D eigenvalue weighted by Gasteiger charge is -2.41. The molecule has 1 saturated heterocycles. The fourth-order valence-electron chi connectivity index (χ4n) is 3.86. The van der Waals surface area contributed by atoms with Crippen LogP contribution in [-0.2, 0) is 6.54 Å². The zero-order valence-electron chi connectivity index (χ0n) is 14.8. The van der Waals surface area contributed by atoms with Crippen LogP contribution in [0.4, 0.5) is 0 Å². The van der Waals surface area contributed by atoms with Crippen LogP contribution in [-0.4, -0.2) is 34.9 Å². The third-order valence-corrected chi connectivity index (χ3v) is 5.14. The van der Waals surface area contributed by atoms with Crippen molar-refractivity contribution in [1.82, 2.24) is 10.1 Å². The van der Waals surface area contributed by atoms with Gasteiger partial charge in [-0.2, -0.15) is 0 Å². The van der Waals surface area contributed by atoms with Gasteiger partial charge < -0.3 is 9.63 Å². The van der Waals surface area contributed by atoms with E-state index in [4.69, 9.17) is 4.52 Å². The van der Waals surface area contributed by atoms with Gasteiger partial charge in [-0.3, -0.25) is 4.90 Å². The Labute approximate surface area is 144 Å². The van der Waals surface area contributed by atoms with Crippen LogP contribution in [0, 0.1) is 12.3 Å². The van der Waals surface area contributed by atoms with Crippen molar-refractivity contribution in [2.75, 3.05) is 19.7 Å². The first kappa shape index (κ1) is 17.2. The Morgan fingerprint density at radius 3 is 2.79 bits per heavy atom. The molecule has 1 aliphatic rings. The number of nitrogens with zero attached hydrogens (tertiary/aromatic N) is 2. The lowest BCUT2D eigenvalue weighted by molar-refractivity contribution is 0.0184. The standard InChI is InChI=1S/C20H28N2O2/c1-3-9-20(15-23)10-4-11-22(14-20)13-18-12-19(21-24-18)17-7-5-16(2)6-8-17/h5-8,12,23H,3-4,9-11,13-15H2,1-2H3/t20-/m1/s1. The molecule has 1 aliphatic heterocycles. The smallest absolute Gasteiger partial charge is 0.151 e. The highest BCUT2D eigenvalue weighted by molar-refractivity contribution is 5.59. The van der Waals surface area contributed by atoms with E-state index in [2.05, 4.69) is 48.2 Å². The maximum absolute atomic E-state index is 9.87. The minimum atomic E-state index is 0.0623. The Balaban J connectivity index is 1.67. The normalized spacial score (nSPS) is 22.0. The third-order valence-electron chi connectivity index (χ3n) is 5.14. The highest BCUT2D eigenvalue weighted by atomic mass is 16.5. The largest absolute Gasteiger partial charge is 0.396 e. The van der Waals surface area contributed by atoms with Crippen LogP contribution < -0.4 is 0 Å². The summed E-state index contributed by atoms with van der Waals surface area (Å²) in [6, 6.07) is 10.4. The summed E-state index contributed by atoms with van der Waals surface area (Å²) in [4.78, 5) is 2.40. The Morgan fingerprint density at radius 1 is 1.29 bits per heavy atom. The number of hydrogen-bond donors (Lipinski definition) is 1. The first-order chi connectivity index (χ1) is 11.6. The molecule has 0 bridgehead atoms. The predicted molar refractivity (Wildman–Crippen MR) is 95.6 cm³/mol. The predicted octanol–water partition coefficient (Wildman–Crippen LogP) is 4.02. The van der Waals surface area contributed by atoms with Crippen molar-refractivity contribution in [2.24, 2.45) is 5.41 Å². The summed E-state index contributed by atoms with van der Waals surface area (Å²) in [5.74, 6) is 0.899. The van der Waals surface area contributed by atoms with Crippen molar-refractivity contribution in [3.05, 3.63) is 41.7 Å². The van der Waals surface area contributed by atoms with Crippen LogP contribution in [0.15, 0.2) is 34.9 Å². The Kier molecular flexibility index (Phi) is 5.36. The van der Waals surface area contributed by atoms with Gasteiger partial charge in [-0.15, -0.1) is 0 Å². The maximum Gasteiger partial charge on any atom is 0.151 e. The van der Waals surface area contributed by atoms with Crippen molar-refractivity contribution in [1.29, 1.82) is 0 Å². The molecule has 0 radical (unpaired) electrons. The molecule has 0 amide bonds. The summed E-state index contributed by atoms with van der Waals surface area (Å²) >= 11 is 0. The second-order valence-electron chi connectivity index (χ2n) is 7.27. The average Bonchev–Trinajstić information content (AvgIpc) is 3.04. The highest BCUT2D eigenvalue weighted by Crippen LogP contribution is 2.35. The molecule has 24 heavy (non-hydrogen) atoms. The second kappa shape index (κ2) is 7.49. The maximum atomic E-state index is 9.87. The topological polar surface area (TPSA) is 49.5 Å². The number of aryl methyl sites for hydroxylation is 1. The first-order valence-electron chi connectivity index (χ1n) is 9.00. The molecule has 1 atom stereocenters. The molecule has 1 fully saturated rings. The van der Waals surface area contributed by atoms with Crippen molar-refractivity contribution in [3.63, 3.8) is 0 Å². The number of aliphatic hydroxyl groups excluding tert-OH is 1. The van der Waals surface area contributed by atoms with Crippen LogP contribution in [0.5, 0.6) is 0 Å². The van der Waals surface area contributed by atoms with Gasteiger partial charge in [-0.1, -0.05) is 48.3 Å². The van der Waals surface area contributed by atoms with Crippen molar-refractivity contribution < 1.29 is 9.63 Å². The highest BCUT2D eigenvalue weighted by Gasteiger charge is 2.34. The third kappa shape index (κ3) is 3.87. The van der Waals surface area contributed by atoms with E-state index >= 15 is 0 Å². The summed E-state index contributed by atoms with van der Waals surface area (Å²) < 4.78 is 5.56. The van der Waals surface area contributed by atoms with E-state index in [0.29, 0.717) is 0 Å². The van der Waals surface area contributed by atoms with Gasteiger partial charge in [0.25, 0.3) is 0 Å². The molecule has 0 spiro atoms. The number of likely N-dealkylation sites (tertiary alicyclic amines) is 1. The fraction of sp³-hybridized carbons (Fsp3) is 0.550. The number of piperidine rings is 1. The molecule has 3 rings (SSSR count).